The molecule has 2 heterocycles. The molecule has 5 nitrogen and oxygen atoms in total. The first kappa shape index (κ1) is 18.6. The molecular formula is C22H22ClN3O2. The Balaban J connectivity index is 1.36. The minimum absolute atomic E-state index is 0.0436. The van der Waals surface area contributed by atoms with Crippen LogP contribution in [-0.2, 0) is 11.2 Å². The van der Waals surface area contributed by atoms with Gasteiger partial charge in [-0.25, -0.2) is 4.98 Å². The van der Waals surface area contributed by atoms with Gasteiger partial charge in [-0.3, -0.25) is 4.79 Å². The van der Waals surface area contributed by atoms with Crippen LogP contribution >= 0.6 is 11.6 Å². The number of aromatic nitrogens is 1. The summed E-state index contributed by atoms with van der Waals surface area (Å²) in [7, 11) is 0. The van der Waals surface area contributed by atoms with Crippen molar-refractivity contribution in [3.8, 4) is 11.3 Å². The van der Waals surface area contributed by atoms with E-state index in [1.807, 2.05) is 42.5 Å². The molecule has 0 radical (unpaired) electrons. The van der Waals surface area contributed by atoms with Gasteiger partial charge in [0, 0.05) is 36.5 Å². The Morgan fingerprint density at radius 1 is 1.11 bits per heavy atom. The van der Waals surface area contributed by atoms with Crippen LogP contribution in [0.25, 0.3) is 11.3 Å². The highest BCUT2D eigenvalue weighted by molar-refractivity contribution is 6.30. The number of carbonyl (C=O) groups excluding carboxylic acids is 1. The van der Waals surface area contributed by atoms with Gasteiger partial charge in [-0.15, -0.1) is 0 Å². The predicted octanol–water partition coefficient (Wildman–Crippen LogP) is 5.17. The van der Waals surface area contributed by atoms with E-state index in [-0.39, 0.29) is 5.91 Å². The maximum Gasteiger partial charge on any atom is 0.224 e. The van der Waals surface area contributed by atoms with E-state index < -0.39 is 0 Å². The Morgan fingerprint density at radius 3 is 2.64 bits per heavy atom. The first-order valence-corrected chi connectivity index (χ1v) is 9.91. The van der Waals surface area contributed by atoms with Gasteiger partial charge in [0.1, 0.15) is 0 Å². The number of anilines is 2. The number of carbonyl (C=O) groups is 1. The molecule has 1 fully saturated rings. The van der Waals surface area contributed by atoms with Crippen molar-refractivity contribution in [3.05, 3.63) is 65.6 Å². The average Bonchev–Trinajstić information content (AvgIpc) is 3.40. The van der Waals surface area contributed by atoms with Crippen molar-refractivity contribution in [1.82, 2.24) is 4.98 Å². The maximum atomic E-state index is 12.5. The normalized spacial score (nSPS) is 13.7. The number of halogens is 1. The molecule has 0 spiro atoms. The Hall–Kier alpha value is -2.79. The maximum absolute atomic E-state index is 12.5. The van der Waals surface area contributed by atoms with Gasteiger partial charge in [-0.1, -0.05) is 23.7 Å². The second kappa shape index (κ2) is 8.48. The standard InChI is InChI=1S/C22H22ClN3O2/c23-17-9-7-16(8-10-17)20-15-24-22(28-20)12-11-21(27)25-18-5-1-2-6-19(18)26-13-3-4-14-26/h1-2,5-10,15H,3-4,11-14H2,(H,25,27). The van der Waals surface area contributed by atoms with Crippen molar-refractivity contribution >= 4 is 28.9 Å². The van der Waals surface area contributed by atoms with Crippen molar-refractivity contribution in [2.45, 2.75) is 25.7 Å². The van der Waals surface area contributed by atoms with E-state index in [9.17, 15) is 4.79 Å². The van der Waals surface area contributed by atoms with Crippen LogP contribution in [0, 0.1) is 0 Å². The number of nitrogens with zero attached hydrogens (tertiary/aromatic N) is 2. The minimum atomic E-state index is -0.0436. The highest BCUT2D eigenvalue weighted by Crippen LogP contribution is 2.29. The molecule has 1 N–H and O–H groups in total. The molecule has 0 atom stereocenters. The average molecular weight is 396 g/mol. The fourth-order valence-electron chi connectivity index (χ4n) is 3.42. The fraction of sp³-hybridized carbons (Fsp3) is 0.273. The van der Waals surface area contributed by atoms with Crippen LogP contribution in [0.1, 0.15) is 25.2 Å². The van der Waals surface area contributed by atoms with E-state index >= 15 is 0 Å². The van der Waals surface area contributed by atoms with E-state index in [0.29, 0.717) is 29.5 Å². The lowest BCUT2D eigenvalue weighted by molar-refractivity contribution is -0.116. The number of aryl methyl sites for hydroxylation is 1. The molecule has 6 heteroatoms. The molecule has 0 bridgehead atoms. The quantitative estimate of drug-likeness (QED) is 0.625. The summed E-state index contributed by atoms with van der Waals surface area (Å²) < 4.78 is 5.77. The molecule has 1 amide bonds. The molecule has 0 unspecified atom stereocenters. The monoisotopic (exact) mass is 395 g/mol. The Kier molecular flexibility index (Phi) is 5.63. The molecule has 1 aliphatic rings. The van der Waals surface area contributed by atoms with Crippen LogP contribution < -0.4 is 10.2 Å². The number of oxazole rings is 1. The number of hydrogen-bond donors (Lipinski definition) is 1. The van der Waals surface area contributed by atoms with Crippen LogP contribution in [-0.4, -0.2) is 24.0 Å². The second-order valence-electron chi connectivity index (χ2n) is 6.88. The molecule has 28 heavy (non-hydrogen) atoms. The molecule has 1 aromatic heterocycles. The van der Waals surface area contributed by atoms with Gasteiger partial charge in [0.25, 0.3) is 0 Å². The number of nitrogens with one attached hydrogen (secondary N) is 1. The lowest BCUT2D eigenvalue weighted by Gasteiger charge is -2.21. The highest BCUT2D eigenvalue weighted by Gasteiger charge is 2.17. The number of hydrogen-bond acceptors (Lipinski definition) is 4. The van der Waals surface area contributed by atoms with Crippen LogP contribution in [0.5, 0.6) is 0 Å². The van der Waals surface area contributed by atoms with Crippen LogP contribution in [0.4, 0.5) is 11.4 Å². The summed E-state index contributed by atoms with van der Waals surface area (Å²) in [6.07, 6.45) is 4.84. The number of rotatable bonds is 6. The summed E-state index contributed by atoms with van der Waals surface area (Å²) >= 11 is 5.91. The summed E-state index contributed by atoms with van der Waals surface area (Å²) in [6.45, 7) is 2.08. The van der Waals surface area contributed by atoms with Crippen LogP contribution in [0.3, 0.4) is 0 Å². The van der Waals surface area contributed by atoms with E-state index in [0.717, 1.165) is 30.0 Å². The molecule has 144 valence electrons. The van der Waals surface area contributed by atoms with Crippen LogP contribution in [0.2, 0.25) is 5.02 Å². The largest absolute Gasteiger partial charge is 0.441 e. The van der Waals surface area contributed by atoms with Gasteiger partial charge in [0.2, 0.25) is 5.91 Å². The second-order valence-corrected chi connectivity index (χ2v) is 7.32. The zero-order valence-electron chi connectivity index (χ0n) is 15.5. The molecule has 2 aromatic carbocycles. The summed E-state index contributed by atoms with van der Waals surface area (Å²) in [6, 6.07) is 15.4. The SMILES string of the molecule is O=C(CCc1ncc(-c2ccc(Cl)cc2)o1)Nc1ccccc1N1CCCC1. The molecule has 4 rings (SSSR count). The molecule has 3 aromatic rings. The van der Waals surface area contributed by atoms with Gasteiger partial charge >= 0.3 is 0 Å². The molecule has 1 aliphatic heterocycles. The van der Waals surface area contributed by atoms with E-state index in [2.05, 4.69) is 21.3 Å². The topological polar surface area (TPSA) is 58.4 Å². The van der Waals surface area contributed by atoms with Crippen molar-refractivity contribution in [3.63, 3.8) is 0 Å². The number of benzene rings is 2. The van der Waals surface area contributed by atoms with Gasteiger partial charge in [-0.2, -0.15) is 0 Å². The van der Waals surface area contributed by atoms with Crippen molar-refractivity contribution in [1.29, 1.82) is 0 Å². The first-order chi connectivity index (χ1) is 13.7. The zero-order valence-corrected chi connectivity index (χ0v) is 16.3. The van der Waals surface area contributed by atoms with Crippen molar-refractivity contribution in [2.24, 2.45) is 0 Å². The first-order valence-electron chi connectivity index (χ1n) is 9.53. The summed E-state index contributed by atoms with van der Waals surface area (Å²) in [5, 5.41) is 3.71. The van der Waals surface area contributed by atoms with Gasteiger partial charge in [0.05, 0.1) is 17.6 Å². The van der Waals surface area contributed by atoms with Gasteiger partial charge < -0.3 is 14.6 Å². The summed E-state index contributed by atoms with van der Waals surface area (Å²) in [5.41, 5.74) is 2.87. The van der Waals surface area contributed by atoms with Gasteiger partial charge in [0.15, 0.2) is 11.7 Å². The summed E-state index contributed by atoms with van der Waals surface area (Å²) in [4.78, 5) is 19.1. The molecular weight excluding hydrogens is 374 g/mol. The van der Waals surface area contributed by atoms with Crippen molar-refractivity contribution in [2.75, 3.05) is 23.3 Å². The summed E-state index contributed by atoms with van der Waals surface area (Å²) in [5.74, 6) is 1.18. The smallest absolute Gasteiger partial charge is 0.224 e. The fourth-order valence-corrected chi connectivity index (χ4v) is 3.55. The van der Waals surface area contributed by atoms with E-state index in [1.54, 1.807) is 6.20 Å². The lowest BCUT2D eigenvalue weighted by Crippen LogP contribution is -2.21. The number of para-hydroxylation sites is 2. The Morgan fingerprint density at radius 2 is 1.86 bits per heavy atom. The van der Waals surface area contributed by atoms with E-state index in [4.69, 9.17) is 16.0 Å². The molecule has 1 saturated heterocycles. The molecule has 0 aliphatic carbocycles. The number of amides is 1. The molecule has 0 saturated carbocycles. The highest BCUT2D eigenvalue weighted by atomic mass is 35.5. The zero-order chi connectivity index (χ0) is 19.3. The third-order valence-corrected chi connectivity index (χ3v) is 5.13. The van der Waals surface area contributed by atoms with E-state index in [1.165, 1.54) is 12.8 Å². The minimum Gasteiger partial charge on any atom is -0.441 e. The van der Waals surface area contributed by atoms with Crippen molar-refractivity contribution < 1.29 is 9.21 Å². The lowest BCUT2D eigenvalue weighted by atomic mass is 10.2. The Bertz CT molecular complexity index is 946. The Labute approximate surface area is 169 Å². The van der Waals surface area contributed by atoms with Crippen LogP contribution in [0.15, 0.2) is 59.1 Å². The van der Waals surface area contributed by atoms with Gasteiger partial charge in [-0.05, 0) is 49.2 Å². The predicted molar refractivity (Wildman–Crippen MR) is 112 cm³/mol. The third kappa shape index (κ3) is 4.37. The third-order valence-electron chi connectivity index (χ3n) is 4.87.